The monoisotopic (exact) mass is 281 g/mol. The molecule has 2 N–H and O–H groups in total. The molecule has 0 aliphatic rings. The number of aromatic nitrogens is 2. The fourth-order valence-corrected chi connectivity index (χ4v) is 2.07. The predicted molar refractivity (Wildman–Crippen MR) is 81.6 cm³/mol. The van der Waals surface area contributed by atoms with Gasteiger partial charge in [-0.05, 0) is 43.3 Å². The van der Waals surface area contributed by atoms with Crippen LogP contribution in [0.5, 0.6) is 17.4 Å². The quantitative estimate of drug-likeness (QED) is 0.742. The van der Waals surface area contributed by atoms with Crippen LogP contribution < -0.4 is 15.2 Å². The van der Waals surface area contributed by atoms with Crippen LogP contribution in [0.1, 0.15) is 6.92 Å². The Morgan fingerprint density at radius 2 is 1.81 bits per heavy atom. The normalized spacial score (nSPS) is 10.5. The van der Waals surface area contributed by atoms with E-state index < -0.39 is 0 Å². The molecule has 0 spiro atoms. The molecule has 5 heteroatoms. The lowest BCUT2D eigenvalue weighted by atomic mass is 10.2. The lowest BCUT2D eigenvalue weighted by molar-refractivity contribution is 0.317. The summed E-state index contributed by atoms with van der Waals surface area (Å²) >= 11 is 0. The van der Waals surface area contributed by atoms with Crippen molar-refractivity contribution in [2.24, 2.45) is 0 Å². The maximum atomic E-state index is 5.96. The van der Waals surface area contributed by atoms with Gasteiger partial charge in [0.15, 0.2) is 11.5 Å². The smallest absolute Gasteiger partial charge is 0.262 e. The van der Waals surface area contributed by atoms with E-state index in [0.717, 1.165) is 5.39 Å². The highest BCUT2D eigenvalue weighted by atomic mass is 16.5. The van der Waals surface area contributed by atoms with Gasteiger partial charge in [-0.1, -0.05) is 0 Å². The van der Waals surface area contributed by atoms with Gasteiger partial charge in [-0.25, -0.2) is 4.98 Å². The van der Waals surface area contributed by atoms with Gasteiger partial charge in [0.25, 0.3) is 5.88 Å². The van der Waals surface area contributed by atoms with Gasteiger partial charge >= 0.3 is 0 Å². The van der Waals surface area contributed by atoms with Crippen molar-refractivity contribution in [1.29, 1.82) is 0 Å². The highest BCUT2D eigenvalue weighted by Gasteiger charge is 2.11. The Bertz CT molecular complexity index is 774. The van der Waals surface area contributed by atoms with Crippen LogP contribution in [0.15, 0.2) is 48.8 Å². The Morgan fingerprint density at radius 1 is 1.00 bits per heavy atom. The molecule has 0 aliphatic carbocycles. The van der Waals surface area contributed by atoms with Crippen LogP contribution in [0.4, 0.5) is 5.69 Å². The van der Waals surface area contributed by atoms with E-state index in [2.05, 4.69) is 9.97 Å². The van der Waals surface area contributed by atoms with Crippen LogP contribution in [-0.4, -0.2) is 16.6 Å². The molecule has 0 saturated carbocycles. The van der Waals surface area contributed by atoms with E-state index in [9.17, 15) is 0 Å². The number of rotatable bonds is 4. The molecule has 0 amide bonds. The first kappa shape index (κ1) is 13.2. The van der Waals surface area contributed by atoms with Gasteiger partial charge in [0, 0.05) is 23.5 Å². The van der Waals surface area contributed by atoms with E-state index in [4.69, 9.17) is 15.2 Å². The first-order valence-corrected chi connectivity index (χ1v) is 6.68. The lowest BCUT2D eigenvalue weighted by Gasteiger charge is -2.12. The van der Waals surface area contributed by atoms with Crippen LogP contribution in [0.25, 0.3) is 10.9 Å². The summed E-state index contributed by atoms with van der Waals surface area (Å²) in [4.78, 5) is 8.56. The minimum Gasteiger partial charge on any atom is -0.488 e. The van der Waals surface area contributed by atoms with Crippen molar-refractivity contribution in [2.45, 2.75) is 6.92 Å². The second-order valence-electron chi connectivity index (χ2n) is 4.39. The number of nitrogens with two attached hydrogens (primary N) is 1. The van der Waals surface area contributed by atoms with Gasteiger partial charge in [0.2, 0.25) is 0 Å². The summed E-state index contributed by atoms with van der Waals surface area (Å²) in [5.74, 6) is 1.61. The maximum absolute atomic E-state index is 5.96. The Morgan fingerprint density at radius 3 is 2.67 bits per heavy atom. The van der Waals surface area contributed by atoms with E-state index in [1.165, 1.54) is 0 Å². The fraction of sp³-hybridized carbons (Fsp3) is 0.125. The minimum absolute atomic E-state index is 0.413. The molecule has 0 fully saturated rings. The number of ether oxygens (including phenoxy) is 2. The third-order valence-electron chi connectivity index (χ3n) is 3.01. The third kappa shape index (κ3) is 2.58. The molecule has 3 rings (SSSR count). The number of pyridine rings is 2. The van der Waals surface area contributed by atoms with Crippen molar-refractivity contribution in [3.63, 3.8) is 0 Å². The number of nitrogens with zero attached hydrogens (tertiary/aromatic N) is 2. The summed E-state index contributed by atoms with van der Waals surface area (Å²) in [7, 11) is 0. The van der Waals surface area contributed by atoms with Gasteiger partial charge < -0.3 is 15.2 Å². The SMILES string of the molecule is CCOc1cccnc1Oc1ccc(N)c2cccnc12. The Balaban J connectivity index is 2.05. The Hall–Kier alpha value is -2.82. The highest BCUT2D eigenvalue weighted by molar-refractivity contribution is 5.94. The first-order valence-electron chi connectivity index (χ1n) is 6.68. The van der Waals surface area contributed by atoms with Crippen molar-refractivity contribution in [3.8, 4) is 17.4 Å². The van der Waals surface area contributed by atoms with Crippen molar-refractivity contribution in [2.75, 3.05) is 12.3 Å². The van der Waals surface area contributed by atoms with Gasteiger partial charge in [-0.2, -0.15) is 0 Å². The first-order chi connectivity index (χ1) is 10.3. The molecule has 0 radical (unpaired) electrons. The summed E-state index contributed by atoms with van der Waals surface area (Å²) in [6, 6.07) is 11.0. The second-order valence-corrected chi connectivity index (χ2v) is 4.39. The summed E-state index contributed by atoms with van der Waals surface area (Å²) in [5.41, 5.74) is 7.32. The number of benzene rings is 1. The number of fused-ring (bicyclic) bond motifs is 1. The molecule has 0 aliphatic heterocycles. The number of hydrogen-bond acceptors (Lipinski definition) is 5. The number of anilines is 1. The second kappa shape index (κ2) is 5.66. The number of nitrogen functional groups attached to an aromatic ring is 1. The van der Waals surface area contributed by atoms with Crippen molar-refractivity contribution < 1.29 is 9.47 Å². The summed E-state index contributed by atoms with van der Waals surface area (Å²) in [6.07, 6.45) is 3.36. The van der Waals surface area contributed by atoms with Crippen LogP contribution in [0.3, 0.4) is 0 Å². The summed E-state index contributed by atoms with van der Waals surface area (Å²) < 4.78 is 11.4. The van der Waals surface area contributed by atoms with Gasteiger partial charge in [0.1, 0.15) is 5.52 Å². The Labute approximate surface area is 122 Å². The summed E-state index contributed by atoms with van der Waals surface area (Å²) in [5, 5.41) is 0.851. The molecule has 2 aromatic heterocycles. The lowest BCUT2D eigenvalue weighted by Crippen LogP contribution is -1.98. The van der Waals surface area contributed by atoms with E-state index in [0.29, 0.717) is 35.2 Å². The van der Waals surface area contributed by atoms with Crippen LogP contribution >= 0.6 is 0 Å². The topological polar surface area (TPSA) is 70.3 Å². The molecular weight excluding hydrogens is 266 g/mol. The average molecular weight is 281 g/mol. The van der Waals surface area contributed by atoms with Gasteiger partial charge in [-0.3, -0.25) is 4.98 Å². The zero-order valence-corrected chi connectivity index (χ0v) is 11.6. The Kier molecular flexibility index (Phi) is 3.55. The molecule has 5 nitrogen and oxygen atoms in total. The van der Waals surface area contributed by atoms with E-state index in [-0.39, 0.29) is 0 Å². The van der Waals surface area contributed by atoms with Crippen molar-refractivity contribution in [3.05, 3.63) is 48.8 Å². The predicted octanol–water partition coefficient (Wildman–Crippen LogP) is 3.40. The minimum atomic E-state index is 0.413. The van der Waals surface area contributed by atoms with E-state index in [1.54, 1.807) is 30.6 Å². The molecule has 3 aromatic rings. The van der Waals surface area contributed by atoms with E-state index >= 15 is 0 Å². The van der Waals surface area contributed by atoms with Crippen LogP contribution in [0, 0.1) is 0 Å². The number of hydrogen-bond donors (Lipinski definition) is 1. The summed E-state index contributed by atoms with van der Waals surface area (Å²) in [6.45, 7) is 2.46. The van der Waals surface area contributed by atoms with Crippen LogP contribution in [0.2, 0.25) is 0 Å². The van der Waals surface area contributed by atoms with E-state index in [1.807, 2.05) is 25.1 Å². The molecule has 2 heterocycles. The zero-order valence-electron chi connectivity index (χ0n) is 11.6. The van der Waals surface area contributed by atoms with Crippen LogP contribution in [-0.2, 0) is 0 Å². The molecule has 0 saturated heterocycles. The molecule has 106 valence electrons. The molecular formula is C16H15N3O2. The zero-order chi connectivity index (χ0) is 14.7. The molecule has 21 heavy (non-hydrogen) atoms. The average Bonchev–Trinajstić information content (AvgIpc) is 2.52. The van der Waals surface area contributed by atoms with Crippen molar-refractivity contribution in [1.82, 2.24) is 9.97 Å². The molecule has 0 atom stereocenters. The molecule has 1 aromatic carbocycles. The van der Waals surface area contributed by atoms with Gasteiger partial charge in [0.05, 0.1) is 6.61 Å². The molecule has 0 unspecified atom stereocenters. The largest absolute Gasteiger partial charge is 0.488 e. The molecule has 0 bridgehead atoms. The highest BCUT2D eigenvalue weighted by Crippen LogP contribution is 2.34. The van der Waals surface area contributed by atoms with Gasteiger partial charge in [-0.15, -0.1) is 0 Å². The fourth-order valence-electron chi connectivity index (χ4n) is 2.07. The van der Waals surface area contributed by atoms with Crippen molar-refractivity contribution >= 4 is 16.6 Å². The standard InChI is InChI=1S/C16H15N3O2/c1-2-20-14-6-4-10-19-16(14)21-13-8-7-12(17)11-5-3-9-18-15(11)13/h3-10H,2,17H2,1H3. The maximum Gasteiger partial charge on any atom is 0.262 e. The third-order valence-corrected chi connectivity index (χ3v) is 3.01.